The first-order chi connectivity index (χ1) is 8.85. The minimum absolute atomic E-state index is 0.0410. The number of nitrogens with one attached hydrogen (secondary N) is 1. The van der Waals surface area contributed by atoms with Gasteiger partial charge in [-0.3, -0.25) is 4.79 Å². The van der Waals surface area contributed by atoms with Crippen molar-refractivity contribution in [2.75, 3.05) is 13.2 Å². The average Bonchev–Trinajstić information content (AvgIpc) is 2.34. The number of rotatable bonds is 6. The largest absolute Gasteiger partial charge is 0.493 e. The van der Waals surface area contributed by atoms with Gasteiger partial charge in [-0.15, -0.1) is 0 Å². The normalized spacial score (nSPS) is 11.2. The number of aryl methyl sites for hydroxylation is 1. The first-order valence-corrected chi connectivity index (χ1v) is 6.56. The molecule has 1 aromatic carbocycles. The summed E-state index contributed by atoms with van der Waals surface area (Å²) in [6.45, 7) is 8.64. The van der Waals surface area contributed by atoms with Gasteiger partial charge in [0.25, 0.3) is 0 Å². The van der Waals surface area contributed by atoms with Gasteiger partial charge in [0.2, 0.25) is 5.91 Å². The van der Waals surface area contributed by atoms with Crippen molar-refractivity contribution in [1.82, 2.24) is 5.32 Å². The van der Waals surface area contributed by atoms with Crippen LogP contribution in [0.25, 0.3) is 0 Å². The highest BCUT2D eigenvalue weighted by Gasteiger charge is 2.17. The van der Waals surface area contributed by atoms with Gasteiger partial charge < -0.3 is 15.8 Å². The van der Waals surface area contributed by atoms with E-state index in [1.54, 1.807) is 0 Å². The molecule has 0 atom stereocenters. The molecule has 4 nitrogen and oxygen atoms in total. The van der Waals surface area contributed by atoms with E-state index in [4.69, 9.17) is 10.5 Å². The van der Waals surface area contributed by atoms with Crippen molar-refractivity contribution in [2.24, 2.45) is 5.73 Å². The second-order valence-electron chi connectivity index (χ2n) is 5.43. The minimum atomic E-state index is -0.365. The highest BCUT2D eigenvalue weighted by atomic mass is 16.5. The summed E-state index contributed by atoms with van der Waals surface area (Å²) >= 11 is 0. The predicted molar refractivity (Wildman–Crippen MR) is 77.3 cm³/mol. The molecule has 0 aromatic heterocycles. The summed E-state index contributed by atoms with van der Waals surface area (Å²) in [7, 11) is 0. The van der Waals surface area contributed by atoms with Crippen LogP contribution >= 0.6 is 0 Å². The Morgan fingerprint density at radius 3 is 2.68 bits per heavy atom. The Balaban J connectivity index is 2.42. The van der Waals surface area contributed by atoms with Crippen molar-refractivity contribution < 1.29 is 9.53 Å². The van der Waals surface area contributed by atoms with Gasteiger partial charge in [0.1, 0.15) is 5.75 Å². The Bertz CT molecular complexity index is 442. The van der Waals surface area contributed by atoms with Crippen molar-refractivity contribution in [3.8, 4) is 5.75 Å². The maximum atomic E-state index is 11.7. The van der Waals surface area contributed by atoms with Crippen molar-refractivity contribution in [1.29, 1.82) is 0 Å². The third kappa shape index (κ3) is 4.91. The number of ether oxygens (including phenoxy) is 1. The van der Waals surface area contributed by atoms with Crippen LogP contribution in [0.15, 0.2) is 18.2 Å². The zero-order valence-electron chi connectivity index (χ0n) is 12.2. The molecule has 3 N–H and O–H groups in total. The quantitative estimate of drug-likeness (QED) is 0.825. The van der Waals surface area contributed by atoms with E-state index in [9.17, 15) is 4.79 Å². The summed E-state index contributed by atoms with van der Waals surface area (Å²) in [6.07, 6.45) is 0.330. The molecular formula is C15H24N2O2. The number of benzene rings is 1. The molecule has 0 radical (unpaired) electrons. The van der Waals surface area contributed by atoms with E-state index < -0.39 is 0 Å². The number of hydrogen-bond acceptors (Lipinski definition) is 3. The fraction of sp³-hybridized carbons (Fsp3) is 0.533. The fourth-order valence-corrected chi connectivity index (χ4v) is 1.63. The Kier molecular flexibility index (Phi) is 5.36. The second kappa shape index (κ2) is 6.57. The lowest BCUT2D eigenvalue weighted by Gasteiger charge is -2.24. The van der Waals surface area contributed by atoms with Crippen LogP contribution in [0.3, 0.4) is 0 Å². The summed E-state index contributed by atoms with van der Waals surface area (Å²) < 4.78 is 5.64. The van der Waals surface area contributed by atoms with Crippen LogP contribution < -0.4 is 15.8 Å². The molecule has 19 heavy (non-hydrogen) atoms. The van der Waals surface area contributed by atoms with E-state index in [1.165, 1.54) is 5.56 Å². The number of carbonyl (C=O) groups excluding carboxylic acids is 1. The van der Waals surface area contributed by atoms with Crippen LogP contribution in [0.5, 0.6) is 5.75 Å². The van der Waals surface area contributed by atoms with Crippen LogP contribution in [-0.2, 0) is 4.79 Å². The SMILES string of the molecule is Cc1cccc(OCCC(=O)NC(C)(C)CN)c1C. The summed E-state index contributed by atoms with van der Waals surface area (Å²) in [6, 6.07) is 5.91. The van der Waals surface area contributed by atoms with E-state index >= 15 is 0 Å². The molecule has 0 saturated carbocycles. The van der Waals surface area contributed by atoms with Crippen molar-refractivity contribution in [2.45, 2.75) is 39.7 Å². The molecule has 0 heterocycles. The first-order valence-electron chi connectivity index (χ1n) is 6.56. The molecule has 4 heteroatoms. The van der Waals surface area contributed by atoms with Crippen molar-refractivity contribution in [3.63, 3.8) is 0 Å². The van der Waals surface area contributed by atoms with E-state index in [2.05, 4.69) is 5.32 Å². The molecule has 0 bridgehead atoms. The van der Waals surface area contributed by atoms with Gasteiger partial charge >= 0.3 is 0 Å². The van der Waals surface area contributed by atoms with Crippen LogP contribution in [-0.4, -0.2) is 24.6 Å². The number of carbonyl (C=O) groups is 1. The zero-order chi connectivity index (χ0) is 14.5. The summed E-state index contributed by atoms with van der Waals surface area (Å²) in [5.74, 6) is 0.798. The Morgan fingerprint density at radius 1 is 1.37 bits per heavy atom. The van der Waals surface area contributed by atoms with Gasteiger partial charge in [-0.05, 0) is 44.9 Å². The fourth-order valence-electron chi connectivity index (χ4n) is 1.63. The van der Waals surface area contributed by atoms with Gasteiger partial charge in [-0.25, -0.2) is 0 Å². The Hall–Kier alpha value is -1.55. The third-order valence-electron chi connectivity index (χ3n) is 3.13. The summed E-state index contributed by atoms with van der Waals surface area (Å²) in [4.78, 5) is 11.7. The Morgan fingerprint density at radius 2 is 2.05 bits per heavy atom. The zero-order valence-corrected chi connectivity index (χ0v) is 12.2. The van der Waals surface area contributed by atoms with Crippen LogP contribution in [0, 0.1) is 13.8 Å². The van der Waals surface area contributed by atoms with Gasteiger partial charge in [0.05, 0.1) is 13.0 Å². The summed E-state index contributed by atoms with van der Waals surface area (Å²) in [5.41, 5.74) is 7.50. The van der Waals surface area contributed by atoms with Crippen molar-refractivity contribution >= 4 is 5.91 Å². The van der Waals surface area contributed by atoms with Crippen LogP contribution in [0.4, 0.5) is 0 Å². The molecule has 1 rings (SSSR count). The minimum Gasteiger partial charge on any atom is -0.493 e. The van der Waals surface area contributed by atoms with Gasteiger partial charge in [-0.1, -0.05) is 12.1 Å². The van der Waals surface area contributed by atoms with Crippen LogP contribution in [0.1, 0.15) is 31.4 Å². The van der Waals surface area contributed by atoms with Gasteiger partial charge in [-0.2, -0.15) is 0 Å². The van der Waals surface area contributed by atoms with E-state index in [1.807, 2.05) is 45.9 Å². The molecule has 0 spiro atoms. The second-order valence-corrected chi connectivity index (χ2v) is 5.43. The molecular weight excluding hydrogens is 240 g/mol. The average molecular weight is 264 g/mol. The molecule has 106 valence electrons. The van der Waals surface area contributed by atoms with Crippen molar-refractivity contribution in [3.05, 3.63) is 29.3 Å². The third-order valence-corrected chi connectivity index (χ3v) is 3.13. The monoisotopic (exact) mass is 264 g/mol. The molecule has 1 amide bonds. The highest BCUT2D eigenvalue weighted by Crippen LogP contribution is 2.20. The topological polar surface area (TPSA) is 64.3 Å². The van der Waals surface area contributed by atoms with E-state index in [0.717, 1.165) is 11.3 Å². The van der Waals surface area contributed by atoms with E-state index in [0.29, 0.717) is 19.6 Å². The number of amides is 1. The lowest BCUT2D eigenvalue weighted by Crippen LogP contribution is -2.49. The maximum absolute atomic E-state index is 11.7. The van der Waals surface area contributed by atoms with Gasteiger partial charge in [0.15, 0.2) is 0 Å². The molecule has 0 fully saturated rings. The molecule has 0 aliphatic heterocycles. The number of nitrogens with two attached hydrogens (primary N) is 1. The predicted octanol–water partition coefficient (Wildman–Crippen LogP) is 1.93. The van der Waals surface area contributed by atoms with Gasteiger partial charge in [0, 0.05) is 12.1 Å². The lowest BCUT2D eigenvalue weighted by atomic mass is 10.1. The highest BCUT2D eigenvalue weighted by molar-refractivity contribution is 5.76. The van der Waals surface area contributed by atoms with E-state index in [-0.39, 0.29) is 11.4 Å². The lowest BCUT2D eigenvalue weighted by molar-refractivity contribution is -0.123. The molecule has 0 unspecified atom stereocenters. The number of hydrogen-bond donors (Lipinski definition) is 2. The molecule has 0 aliphatic carbocycles. The molecule has 0 aliphatic rings. The standard InChI is InChI=1S/C15H24N2O2/c1-11-6-5-7-13(12(11)2)19-9-8-14(18)17-15(3,4)10-16/h5-7H,8-10,16H2,1-4H3,(H,17,18). The summed E-state index contributed by atoms with van der Waals surface area (Å²) in [5, 5.41) is 2.87. The first kappa shape index (κ1) is 15.5. The molecule has 0 saturated heterocycles. The molecule has 1 aromatic rings. The maximum Gasteiger partial charge on any atom is 0.223 e. The smallest absolute Gasteiger partial charge is 0.223 e. The van der Waals surface area contributed by atoms with Crippen LogP contribution in [0.2, 0.25) is 0 Å². The Labute approximate surface area is 115 Å².